The molecule has 0 aliphatic rings. The van der Waals surface area contributed by atoms with Gasteiger partial charge in [-0.15, -0.1) is 11.6 Å². The molecule has 0 radical (unpaired) electrons. The van der Waals surface area contributed by atoms with Gasteiger partial charge in [0, 0.05) is 12.5 Å². The third-order valence-electron chi connectivity index (χ3n) is 1.45. The first-order valence-electron chi connectivity index (χ1n) is 4.02. The summed E-state index contributed by atoms with van der Waals surface area (Å²) in [5, 5.41) is 0. The fraction of sp³-hybridized carbons (Fsp3) is 1.00. The van der Waals surface area contributed by atoms with Gasteiger partial charge in [-0.1, -0.05) is 19.8 Å². The third-order valence-corrected chi connectivity index (χ3v) is 1.80. The molecule has 1 atom stereocenters. The molecule has 0 bridgehead atoms. The summed E-state index contributed by atoms with van der Waals surface area (Å²) in [5.41, 5.74) is 0. The molecule has 0 aromatic heterocycles. The SMILES string of the molecule is CCCCC(CCl)OCC. The molecule has 0 heterocycles. The summed E-state index contributed by atoms with van der Waals surface area (Å²) in [6.07, 6.45) is 3.83. The van der Waals surface area contributed by atoms with Crippen LogP contribution < -0.4 is 0 Å². The van der Waals surface area contributed by atoms with Gasteiger partial charge in [0.15, 0.2) is 0 Å². The van der Waals surface area contributed by atoms with E-state index in [-0.39, 0.29) is 6.10 Å². The molecule has 1 unspecified atom stereocenters. The van der Waals surface area contributed by atoms with Gasteiger partial charge in [0.2, 0.25) is 0 Å². The second-order valence-electron chi connectivity index (χ2n) is 2.37. The fourth-order valence-electron chi connectivity index (χ4n) is 0.873. The summed E-state index contributed by atoms with van der Waals surface area (Å²) in [6.45, 7) is 4.96. The van der Waals surface area contributed by atoms with Gasteiger partial charge in [0.1, 0.15) is 0 Å². The minimum atomic E-state index is 0.284. The van der Waals surface area contributed by atoms with Crippen molar-refractivity contribution in [1.29, 1.82) is 0 Å². The lowest BCUT2D eigenvalue weighted by Gasteiger charge is -2.12. The highest BCUT2D eigenvalue weighted by atomic mass is 35.5. The maximum Gasteiger partial charge on any atom is 0.0710 e. The molecule has 1 nitrogen and oxygen atoms in total. The average molecular weight is 165 g/mol. The van der Waals surface area contributed by atoms with Gasteiger partial charge in [0.05, 0.1) is 6.10 Å². The van der Waals surface area contributed by atoms with E-state index in [0.29, 0.717) is 5.88 Å². The van der Waals surface area contributed by atoms with Gasteiger partial charge in [-0.2, -0.15) is 0 Å². The second-order valence-corrected chi connectivity index (χ2v) is 2.68. The molecule has 0 fully saturated rings. The van der Waals surface area contributed by atoms with E-state index < -0.39 is 0 Å². The van der Waals surface area contributed by atoms with Crippen LogP contribution in [0.2, 0.25) is 0 Å². The maximum absolute atomic E-state index is 5.66. The van der Waals surface area contributed by atoms with Crippen LogP contribution in [-0.4, -0.2) is 18.6 Å². The van der Waals surface area contributed by atoms with Crippen LogP contribution in [0.15, 0.2) is 0 Å². The molecule has 0 spiro atoms. The topological polar surface area (TPSA) is 9.23 Å². The molecule has 62 valence electrons. The van der Waals surface area contributed by atoms with Crippen molar-refractivity contribution in [2.24, 2.45) is 0 Å². The van der Waals surface area contributed by atoms with Crippen LogP contribution in [0.5, 0.6) is 0 Å². The van der Waals surface area contributed by atoms with Gasteiger partial charge >= 0.3 is 0 Å². The van der Waals surface area contributed by atoms with Crippen molar-refractivity contribution in [3.8, 4) is 0 Å². The van der Waals surface area contributed by atoms with Gasteiger partial charge in [-0.25, -0.2) is 0 Å². The lowest BCUT2D eigenvalue weighted by molar-refractivity contribution is 0.0711. The van der Waals surface area contributed by atoms with Gasteiger partial charge < -0.3 is 4.74 Å². The first-order valence-corrected chi connectivity index (χ1v) is 4.56. The van der Waals surface area contributed by atoms with Crippen molar-refractivity contribution in [1.82, 2.24) is 0 Å². The number of halogens is 1. The molecule has 10 heavy (non-hydrogen) atoms. The molecule has 0 amide bonds. The van der Waals surface area contributed by atoms with Crippen molar-refractivity contribution >= 4 is 11.6 Å². The Hall–Kier alpha value is 0.250. The van der Waals surface area contributed by atoms with E-state index >= 15 is 0 Å². The second kappa shape index (κ2) is 7.36. The minimum Gasteiger partial charge on any atom is -0.377 e. The van der Waals surface area contributed by atoms with Gasteiger partial charge in [0.25, 0.3) is 0 Å². The molecule has 0 aromatic carbocycles. The van der Waals surface area contributed by atoms with E-state index in [1.165, 1.54) is 12.8 Å². The Labute approximate surface area is 68.7 Å². The maximum atomic E-state index is 5.66. The summed E-state index contributed by atoms with van der Waals surface area (Å²) < 4.78 is 5.36. The van der Waals surface area contributed by atoms with E-state index in [1.807, 2.05) is 6.92 Å². The lowest BCUT2D eigenvalue weighted by atomic mass is 10.2. The monoisotopic (exact) mass is 164 g/mol. The average Bonchev–Trinajstić information content (AvgIpc) is 1.98. The van der Waals surface area contributed by atoms with Crippen LogP contribution in [-0.2, 0) is 4.74 Å². The van der Waals surface area contributed by atoms with Crippen LogP contribution in [0.25, 0.3) is 0 Å². The van der Waals surface area contributed by atoms with Crippen molar-refractivity contribution < 1.29 is 4.74 Å². The van der Waals surface area contributed by atoms with E-state index in [2.05, 4.69) is 6.92 Å². The van der Waals surface area contributed by atoms with Gasteiger partial charge in [-0.05, 0) is 13.3 Å². The summed E-state index contributed by atoms with van der Waals surface area (Å²) in [7, 11) is 0. The summed E-state index contributed by atoms with van der Waals surface area (Å²) >= 11 is 5.66. The molecular weight excluding hydrogens is 148 g/mol. The molecular formula is C8H17ClO. The molecule has 0 saturated heterocycles. The highest BCUT2D eigenvalue weighted by Crippen LogP contribution is 2.05. The Morgan fingerprint density at radius 3 is 2.50 bits per heavy atom. The molecule has 0 aliphatic heterocycles. The zero-order valence-electron chi connectivity index (χ0n) is 6.90. The number of ether oxygens (including phenoxy) is 1. The number of rotatable bonds is 6. The van der Waals surface area contributed by atoms with Crippen molar-refractivity contribution in [3.63, 3.8) is 0 Å². The standard InChI is InChI=1S/C8H17ClO/c1-3-5-6-8(7-9)10-4-2/h8H,3-7H2,1-2H3. The number of unbranched alkanes of at least 4 members (excludes halogenated alkanes) is 1. The highest BCUT2D eigenvalue weighted by Gasteiger charge is 2.04. The van der Waals surface area contributed by atoms with Crippen LogP contribution in [0.3, 0.4) is 0 Å². The number of hydrogen-bond donors (Lipinski definition) is 0. The molecule has 0 aromatic rings. The predicted octanol–water partition coefficient (Wildman–Crippen LogP) is 2.82. The van der Waals surface area contributed by atoms with E-state index in [9.17, 15) is 0 Å². The van der Waals surface area contributed by atoms with Crippen LogP contribution in [0.1, 0.15) is 33.1 Å². The molecule has 0 saturated carbocycles. The van der Waals surface area contributed by atoms with Crippen molar-refractivity contribution in [3.05, 3.63) is 0 Å². The first kappa shape index (κ1) is 10.2. The minimum absolute atomic E-state index is 0.284. The van der Waals surface area contributed by atoms with Crippen molar-refractivity contribution in [2.75, 3.05) is 12.5 Å². The van der Waals surface area contributed by atoms with Crippen molar-refractivity contribution in [2.45, 2.75) is 39.2 Å². The summed E-state index contributed by atoms with van der Waals surface area (Å²) in [6, 6.07) is 0. The van der Waals surface area contributed by atoms with E-state index in [0.717, 1.165) is 13.0 Å². The smallest absolute Gasteiger partial charge is 0.0710 e. The zero-order valence-corrected chi connectivity index (χ0v) is 7.66. The third kappa shape index (κ3) is 5.07. The Bertz CT molecular complexity index is 66.3. The molecule has 2 heteroatoms. The Balaban J connectivity index is 3.21. The molecule has 0 N–H and O–H groups in total. The van der Waals surface area contributed by atoms with Crippen LogP contribution in [0, 0.1) is 0 Å². The fourth-order valence-corrected chi connectivity index (χ4v) is 1.12. The molecule has 0 aliphatic carbocycles. The first-order chi connectivity index (χ1) is 4.85. The number of alkyl halides is 1. The highest BCUT2D eigenvalue weighted by molar-refractivity contribution is 6.18. The van der Waals surface area contributed by atoms with Crippen LogP contribution >= 0.6 is 11.6 Å². The quantitative estimate of drug-likeness (QED) is 0.549. The van der Waals surface area contributed by atoms with E-state index in [4.69, 9.17) is 16.3 Å². The Kier molecular flexibility index (Phi) is 7.54. The Morgan fingerprint density at radius 1 is 1.40 bits per heavy atom. The largest absolute Gasteiger partial charge is 0.377 e. The van der Waals surface area contributed by atoms with E-state index in [1.54, 1.807) is 0 Å². The Morgan fingerprint density at radius 2 is 2.10 bits per heavy atom. The number of hydrogen-bond acceptors (Lipinski definition) is 1. The van der Waals surface area contributed by atoms with Crippen LogP contribution in [0.4, 0.5) is 0 Å². The predicted molar refractivity (Wildman–Crippen MR) is 45.7 cm³/mol. The molecule has 0 rings (SSSR count). The summed E-state index contributed by atoms with van der Waals surface area (Å²) in [4.78, 5) is 0. The van der Waals surface area contributed by atoms with Gasteiger partial charge in [-0.3, -0.25) is 0 Å². The normalized spacial score (nSPS) is 13.5. The zero-order chi connectivity index (χ0) is 7.82. The summed E-state index contributed by atoms with van der Waals surface area (Å²) in [5.74, 6) is 0.633. The lowest BCUT2D eigenvalue weighted by Crippen LogP contribution is -2.14.